The largest absolute Gasteiger partial charge is 0.490 e. The summed E-state index contributed by atoms with van der Waals surface area (Å²) in [4.78, 5) is 16.0. The number of rotatable bonds is 9. The minimum absolute atomic E-state index is 0.0542. The maximum absolute atomic E-state index is 14.3. The maximum atomic E-state index is 14.3. The van der Waals surface area contributed by atoms with Gasteiger partial charge in [-0.1, -0.05) is 31.2 Å². The molecule has 2 heterocycles. The van der Waals surface area contributed by atoms with Crippen molar-refractivity contribution >= 4 is 43.0 Å². The lowest BCUT2D eigenvalue weighted by molar-refractivity contribution is -0.00833. The molecule has 0 aliphatic carbocycles. The molecule has 2 N–H and O–H groups in total. The van der Waals surface area contributed by atoms with Gasteiger partial charge in [0.25, 0.3) is 15.9 Å². The van der Waals surface area contributed by atoms with Crippen LogP contribution in [0.5, 0.6) is 5.75 Å². The molecular formula is C32H43N3O8S3. The zero-order chi connectivity index (χ0) is 33.5. The Hall–Kier alpha value is -3.01. The van der Waals surface area contributed by atoms with Crippen LogP contribution in [-0.2, 0) is 24.8 Å². The molecule has 14 heteroatoms. The van der Waals surface area contributed by atoms with Crippen molar-refractivity contribution in [2.24, 2.45) is 5.92 Å². The van der Waals surface area contributed by atoms with Crippen LogP contribution >= 0.6 is 11.3 Å². The molecule has 11 nitrogen and oxygen atoms in total. The zero-order valence-corrected chi connectivity index (χ0v) is 29.0. The van der Waals surface area contributed by atoms with E-state index in [1.165, 1.54) is 28.4 Å². The number of aliphatic hydroxyl groups excluding tert-OH is 1. The average Bonchev–Trinajstić information content (AvgIpc) is 3.59. The lowest BCUT2D eigenvalue weighted by atomic mass is 10.0. The van der Waals surface area contributed by atoms with Gasteiger partial charge in [0.15, 0.2) is 0 Å². The van der Waals surface area contributed by atoms with Gasteiger partial charge in [0.1, 0.15) is 9.96 Å². The van der Waals surface area contributed by atoms with E-state index in [4.69, 9.17) is 9.47 Å². The number of amides is 1. The normalized spacial score (nSPS) is 21.2. The minimum Gasteiger partial charge on any atom is -0.490 e. The Morgan fingerprint density at radius 2 is 1.80 bits per heavy atom. The molecule has 46 heavy (non-hydrogen) atoms. The molecule has 0 radical (unpaired) electrons. The van der Waals surface area contributed by atoms with E-state index in [1.54, 1.807) is 60.8 Å². The Morgan fingerprint density at radius 1 is 1.07 bits per heavy atom. The minimum atomic E-state index is -3.88. The summed E-state index contributed by atoms with van der Waals surface area (Å²) in [6, 6.07) is 15.3. The highest BCUT2D eigenvalue weighted by Gasteiger charge is 2.32. The number of hydrogen-bond acceptors (Lipinski definition) is 9. The van der Waals surface area contributed by atoms with Gasteiger partial charge < -0.3 is 19.5 Å². The van der Waals surface area contributed by atoms with E-state index in [0.717, 1.165) is 24.2 Å². The second kappa shape index (κ2) is 15.7. The number of benzene rings is 2. The molecule has 0 saturated heterocycles. The second-order valence-electron chi connectivity index (χ2n) is 11.6. The summed E-state index contributed by atoms with van der Waals surface area (Å²) in [5, 5.41) is 11.8. The third-order valence-electron chi connectivity index (χ3n) is 7.95. The van der Waals surface area contributed by atoms with Gasteiger partial charge in [-0.25, -0.2) is 16.8 Å². The quantitative estimate of drug-likeness (QED) is 0.330. The average molecular weight is 694 g/mol. The topological polar surface area (TPSA) is 143 Å². The van der Waals surface area contributed by atoms with Gasteiger partial charge in [0, 0.05) is 38.3 Å². The number of aliphatic hydroxyl groups is 1. The van der Waals surface area contributed by atoms with Crippen molar-refractivity contribution in [1.82, 2.24) is 9.21 Å². The predicted molar refractivity (Wildman–Crippen MR) is 178 cm³/mol. The number of fused-ring (bicyclic) bond motifs is 1. The molecule has 252 valence electrons. The third kappa shape index (κ3) is 8.87. The van der Waals surface area contributed by atoms with Crippen LogP contribution in [0.3, 0.4) is 0 Å². The molecule has 0 unspecified atom stereocenters. The number of thiophene rings is 1. The molecule has 1 aliphatic rings. The first-order chi connectivity index (χ1) is 21.8. The highest BCUT2D eigenvalue weighted by Crippen LogP contribution is 2.30. The molecule has 4 atom stereocenters. The monoisotopic (exact) mass is 693 g/mol. The summed E-state index contributed by atoms with van der Waals surface area (Å²) in [5.41, 5.74) is 0.334. The fraction of sp³-hybridized carbons (Fsp3) is 0.469. The van der Waals surface area contributed by atoms with Crippen molar-refractivity contribution in [2.75, 3.05) is 38.1 Å². The van der Waals surface area contributed by atoms with Crippen molar-refractivity contribution in [3.8, 4) is 5.75 Å². The molecule has 1 amide bonds. The van der Waals surface area contributed by atoms with Gasteiger partial charge >= 0.3 is 0 Å². The smallest absolute Gasteiger partial charge is 0.271 e. The highest BCUT2D eigenvalue weighted by molar-refractivity contribution is 7.94. The van der Waals surface area contributed by atoms with Crippen LogP contribution in [0.25, 0.3) is 0 Å². The van der Waals surface area contributed by atoms with E-state index in [-0.39, 0.29) is 52.1 Å². The van der Waals surface area contributed by atoms with Crippen LogP contribution in [-0.4, -0.2) is 88.7 Å². The standard InChI is InChI=1S/C32H43N3O8S3/c1-23-20-35(24(2)22-36)32(37)28-19-26(33-45(38,39)31-14-10-18-44-31)15-16-29(28)43-25(3)11-8-9-17-42-30(23)21-34(4)46(40,41)27-12-6-5-7-13-27/h5-7,10,12-16,18-19,23-25,30,33,36H,8-9,11,17,20-22H2,1-4H3/t23-,24+,25+,30-/m0/s1. The van der Waals surface area contributed by atoms with Crippen LogP contribution in [0.2, 0.25) is 0 Å². The third-order valence-corrected chi connectivity index (χ3v) is 12.6. The van der Waals surface area contributed by atoms with Crippen LogP contribution in [0.15, 0.2) is 75.1 Å². The molecule has 3 aromatic rings. The van der Waals surface area contributed by atoms with Crippen molar-refractivity contribution < 1.29 is 36.2 Å². The summed E-state index contributed by atoms with van der Waals surface area (Å²) in [5.74, 6) is -0.509. The molecule has 0 saturated carbocycles. The SMILES string of the molecule is C[C@@H]1CCCCO[C@@H](CN(C)S(=O)(=O)c2ccccc2)[C@@H](C)CN([C@H](C)CO)C(=O)c2cc(NS(=O)(=O)c3cccs3)ccc2O1. The first-order valence-corrected chi connectivity index (χ1v) is 19.1. The van der Waals surface area contributed by atoms with Gasteiger partial charge in [-0.15, -0.1) is 11.3 Å². The molecular weight excluding hydrogens is 651 g/mol. The van der Waals surface area contributed by atoms with Crippen LogP contribution in [0.1, 0.15) is 50.4 Å². The number of anilines is 1. The molecule has 2 aromatic carbocycles. The Labute approximate surface area is 276 Å². The van der Waals surface area contributed by atoms with E-state index < -0.39 is 38.1 Å². The summed E-state index contributed by atoms with van der Waals surface area (Å²) < 4.78 is 69.1. The van der Waals surface area contributed by atoms with Gasteiger partial charge in [0.05, 0.1) is 35.3 Å². The van der Waals surface area contributed by atoms with Gasteiger partial charge in [-0.2, -0.15) is 4.31 Å². The molecule has 1 aliphatic heterocycles. The fourth-order valence-corrected chi connectivity index (χ4v) is 8.44. The number of carbonyl (C=O) groups excluding carboxylic acids is 1. The van der Waals surface area contributed by atoms with Gasteiger partial charge in [0.2, 0.25) is 10.0 Å². The number of sulfonamides is 2. The number of likely N-dealkylation sites (N-methyl/N-ethyl adjacent to an activating group) is 1. The number of hydrogen-bond donors (Lipinski definition) is 2. The Balaban J connectivity index is 1.67. The van der Waals surface area contributed by atoms with E-state index in [1.807, 2.05) is 13.8 Å². The van der Waals surface area contributed by atoms with Gasteiger partial charge in [-0.05, 0) is 74.9 Å². The van der Waals surface area contributed by atoms with E-state index in [9.17, 15) is 26.7 Å². The lowest BCUT2D eigenvalue weighted by Crippen LogP contribution is -2.48. The zero-order valence-electron chi connectivity index (χ0n) is 26.5. The van der Waals surface area contributed by atoms with E-state index in [2.05, 4.69) is 4.72 Å². The van der Waals surface area contributed by atoms with Crippen molar-refractivity contribution in [1.29, 1.82) is 0 Å². The van der Waals surface area contributed by atoms with Gasteiger partial charge in [-0.3, -0.25) is 9.52 Å². The first-order valence-electron chi connectivity index (χ1n) is 15.2. The molecule has 1 aromatic heterocycles. The maximum Gasteiger partial charge on any atom is 0.271 e. The number of nitrogens with one attached hydrogen (secondary N) is 1. The number of ether oxygens (including phenoxy) is 2. The summed E-state index contributed by atoms with van der Waals surface area (Å²) in [6.45, 7) is 5.75. The molecule has 4 rings (SSSR count). The van der Waals surface area contributed by atoms with Crippen molar-refractivity contribution in [2.45, 2.75) is 67.4 Å². The van der Waals surface area contributed by atoms with Crippen molar-refractivity contribution in [3.05, 3.63) is 71.6 Å². The Morgan fingerprint density at radius 3 is 2.48 bits per heavy atom. The summed E-state index contributed by atoms with van der Waals surface area (Å²) >= 11 is 1.08. The predicted octanol–water partition coefficient (Wildman–Crippen LogP) is 4.67. The van der Waals surface area contributed by atoms with Crippen molar-refractivity contribution in [3.63, 3.8) is 0 Å². The second-order valence-corrected chi connectivity index (χ2v) is 16.5. The molecule has 0 spiro atoms. The van der Waals surface area contributed by atoms with E-state index >= 15 is 0 Å². The number of carbonyl (C=O) groups is 1. The summed E-state index contributed by atoms with van der Waals surface area (Å²) in [6.07, 6.45) is 1.34. The highest BCUT2D eigenvalue weighted by atomic mass is 32.2. The van der Waals surface area contributed by atoms with Crippen LogP contribution < -0.4 is 9.46 Å². The molecule has 0 fully saturated rings. The molecule has 0 bridgehead atoms. The first kappa shape index (κ1) is 35.8. The Bertz CT molecular complexity index is 1650. The van der Waals surface area contributed by atoms with E-state index in [0.29, 0.717) is 18.8 Å². The van der Waals surface area contributed by atoms with Crippen LogP contribution in [0.4, 0.5) is 5.69 Å². The number of nitrogens with zero attached hydrogens (tertiary/aromatic N) is 2. The summed E-state index contributed by atoms with van der Waals surface area (Å²) in [7, 11) is -6.16. The fourth-order valence-electron chi connectivity index (χ4n) is 5.19. The van der Waals surface area contributed by atoms with Crippen LogP contribution in [0, 0.1) is 5.92 Å². The Kier molecular flexibility index (Phi) is 12.2. The lowest BCUT2D eigenvalue weighted by Gasteiger charge is -2.35.